The van der Waals surface area contributed by atoms with Gasteiger partial charge in [-0.3, -0.25) is 9.59 Å². The Bertz CT molecular complexity index is 1140. The Labute approximate surface area is 209 Å². The Balaban J connectivity index is 1.50. The van der Waals surface area contributed by atoms with Crippen LogP contribution in [0.3, 0.4) is 0 Å². The standard InChI is InChI=1S/C25H30FN7O3/c1-28-24(34)16-2-4-17(5-3-16)32-25(35)19-14-29-22(11-21(19)31-18-6-8-36-9-7-18)33-23-20(26)10-15(12-27)13-30-23/h10-11,13-14,16-18H,2-9H2,1H3,(H,28,34)(H,32,35)(H2,29,30,31,33). The average molecular weight is 496 g/mol. The van der Waals surface area contributed by atoms with Crippen LogP contribution in [0.5, 0.6) is 0 Å². The molecule has 11 heteroatoms. The molecule has 10 nitrogen and oxygen atoms in total. The number of hydrogen-bond donors (Lipinski definition) is 4. The first kappa shape index (κ1) is 25.3. The fourth-order valence-electron chi connectivity index (χ4n) is 4.57. The quantitative estimate of drug-likeness (QED) is 0.460. The zero-order chi connectivity index (χ0) is 25.5. The van der Waals surface area contributed by atoms with Crippen molar-refractivity contribution < 1.29 is 18.7 Å². The molecule has 1 saturated heterocycles. The molecule has 2 aliphatic rings. The van der Waals surface area contributed by atoms with Crippen molar-refractivity contribution in [2.24, 2.45) is 5.92 Å². The van der Waals surface area contributed by atoms with E-state index in [9.17, 15) is 14.0 Å². The van der Waals surface area contributed by atoms with Crippen molar-refractivity contribution in [2.75, 3.05) is 30.9 Å². The van der Waals surface area contributed by atoms with Crippen molar-refractivity contribution in [2.45, 2.75) is 50.6 Å². The fraction of sp³-hybridized carbons (Fsp3) is 0.480. The number of rotatable bonds is 7. The molecule has 190 valence electrons. The molecule has 1 aliphatic heterocycles. The highest BCUT2D eigenvalue weighted by Crippen LogP contribution is 2.27. The lowest BCUT2D eigenvalue weighted by Gasteiger charge is -2.29. The summed E-state index contributed by atoms with van der Waals surface area (Å²) in [5, 5.41) is 21.0. The molecule has 0 radical (unpaired) electrons. The molecule has 2 fully saturated rings. The molecule has 2 aromatic rings. The molecule has 0 unspecified atom stereocenters. The third kappa shape index (κ3) is 6.26. The molecule has 4 rings (SSSR count). The summed E-state index contributed by atoms with van der Waals surface area (Å²) >= 11 is 0. The Hall–Kier alpha value is -3.78. The lowest BCUT2D eigenvalue weighted by molar-refractivity contribution is -0.125. The van der Waals surface area contributed by atoms with E-state index in [1.807, 2.05) is 6.07 Å². The van der Waals surface area contributed by atoms with Crippen molar-refractivity contribution in [3.05, 3.63) is 41.5 Å². The second-order valence-corrected chi connectivity index (χ2v) is 9.07. The molecule has 3 heterocycles. The summed E-state index contributed by atoms with van der Waals surface area (Å²) in [5.74, 6) is -0.661. The van der Waals surface area contributed by atoms with Crippen molar-refractivity contribution in [3.8, 4) is 6.07 Å². The number of anilines is 3. The van der Waals surface area contributed by atoms with E-state index >= 15 is 0 Å². The van der Waals surface area contributed by atoms with E-state index < -0.39 is 5.82 Å². The topological polar surface area (TPSA) is 141 Å². The van der Waals surface area contributed by atoms with E-state index in [1.54, 1.807) is 13.1 Å². The van der Waals surface area contributed by atoms with Crippen LogP contribution in [0, 0.1) is 23.1 Å². The van der Waals surface area contributed by atoms with Gasteiger partial charge in [-0.15, -0.1) is 0 Å². The Kier molecular flexibility index (Phi) is 8.28. The molecule has 36 heavy (non-hydrogen) atoms. The molecular formula is C25H30FN7O3. The number of carbonyl (C=O) groups is 2. The summed E-state index contributed by atoms with van der Waals surface area (Å²) in [4.78, 5) is 33.4. The van der Waals surface area contributed by atoms with Gasteiger partial charge < -0.3 is 26.0 Å². The second kappa shape index (κ2) is 11.8. The van der Waals surface area contributed by atoms with E-state index in [0.29, 0.717) is 30.3 Å². The molecule has 1 saturated carbocycles. The largest absolute Gasteiger partial charge is 0.381 e. The molecule has 4 N–H and O–H groups in total. The number of nitrogens with zero attached hydrogens (tertiary/aromatic N) is 3. The number of aromatic nitrogens is 2. The third-order valence-electron chi connectivity index (χ3n) is 6.63. The van der Waals surface area contributed by atoms with Gasteiger partial charge in [0.2, 0.25) is 5.91 Å². The number of ether oxygens (including phenoxy) is 1. The van der Waals surface area contributed by atoms with Gasteiger partial charge in [0, 0.05) is 56.7 Å². The van der Waals surface area contributed by atoms with E-state index in [2.05, 4.69) is 31.2 Å². The van der Waals surface area contributed by atoms with E-state index in [-0.39, 0.29) is 41.2 Å². The minimum Gasteiger partial charge on any atom is -0.381 e. The highest BCUT2D eigenvalue weighted by molar-refractivity contribution is 6.00. The van der Waals surface area contributed by atoms with Crippen LogP contribution < -0.4 is 21.3 Å². The predicted molar refractivity (Wildman–Crippen MR) is 131 cm³/mol. The monoisotopic (exact) mass is 495 g/mol. The molecule has 0 aromatic carbocycles. The van der Waals surface area contributed by atoms with Gasteiger partial charge in [-0.2, -0.15) is 5.26 Å². The van der Waals surface area contributed by atoms with Gasteiger partial charge in [0.25, 0.3) is 5.91 Å². The number of nitrogens with one attached hydrogen (secondary N) is 4. The Morgan fingerprint density at radius 2 is 1.81 bits per heavy atom. The lowest BCUT2D eigenvalue weighted by atomic mass is 9.85. The zero-order valence-electron chi connectivity index (χ0n) is 20.1. The van der Waals surface area contributed by atoms with Crippen molar-refractivity contribution in [3.63, 3.8) is 0 Å². The molecule has 0 bridgehead atoms. The molecule has 2 amide bonds. The van der Waals surface area contributed by atoms with Crippen molar-refractivity contribution >= 4 is 29.1 Å². The average Bonchev–Trinajstić information content (AvgIpc) is 2.90. The zero-order valence-corrected chi connectivity index (χ0v) is 20.1. The first-order valence-corrected chi connectivity index (χ1v) is 12.2. The molecule has 1 aliphatic carbocycles. The SMILES string of the molecule is CNC(=O)C1CCC(NC(=O)c2cnc(Nc3ncc(C#N)cc3F)cc2NC2CCOCC2)CC1. The maximum absolute atomic E-state index is 14.3. The minimum absolute atomic E-state index is 0.0165. The van der Waals surface area contributed by atoms with Crippen LogP contribution in [-0.2, 0) is 9.53 Å². The number of carbonyl (C=O) groups excluding carboxylic acids is 2. The number of amides is 2. The minimum atomic E-state index is -0.677. The van der Waals surface area contributed by atoms with Crippen LogP contribution in [0.1, 0.15) is 54.4 Å². The molecule has 0 atom stereocenters. The summed E-state index contributed by atoms with van der Waals surface area (Å²) in [6.07, 6.45) is 7.21. The van der Waals surface area contributed by atoms with Gasteiger partial charge >= 0.3 is 0 Å². The summed E-state index contributed by atoms with van der Waals surface area (Å²) in [7, 11) is 1.64. The Morgan fingerprint density at radius 3 is 2.47 bits per heavy atom. The molecule has 0 spiro atoms. The van der Waals surface area contributed by atoms with Crippen molar-refractivity contribution in [1.29, 1.82) is 5.26 Å². The van der Waals surface area contributed by atoms with Gasteiger partial charge in [0.1, 0.15) is 11.9 Å². The van der Waals surface area contributed by atoms with Crippen LogP contribution in [0.4, 0.5) is 21.7 Å². The maximum atomic E-state index is 14.3. The number of halogens is 1. The van der Waals surface area contributed by atoms with E-state index in [4.69, 9.17) is 10.00 Å². The first-order valence-electron chi connectivity index (χ1n) is 12.2. The lowest BCUT2D eigenvalue weighted by Crippen LogP contribution is -2.40. The summed E-state index contributed by atoms with van der Waals surface area (Å²) in [5.41, 5.74) is 1.07. The maximum Gasteiger partial charge on any atom is 0.255 e. The second-order valence-electron chi connectivity index (χ2n) is 9.07. The van der Waals surface area contributed by atoms with Gasteiger partial charge in [-0.1, -0.05) is 0 Å². The fourth-order valence-corrected chi connectivity index (χ4v) is 4.57. The van der Waals surface area contributed by atoms with Crippen molar-refractivity contribution in [1.82, 2.24) is 20.6 Å². The highest BCUT2D eigenvalue weighted by Gasteiger charge is 2.27. The summed E-state index contributed by atoms with van der Waals surface area (Å²) < 4.78 is 19.8. The van der Waals surface area contributed by atoms with Gasteiger partial charge in [0.15, 0.2) is 11.6 Å². The summed E-state index contributed by atoms with van der Waals surface area (Å²) in [6, 6.07) is 4.70. The third-order valence-corrected chi connectivity index (χ3v) is 6.63. The number of nitriles is 1. The molecule has 2 aromatic heterocycles. The van der Waals surface area contributed by atoms with Crippen LogP contribution in [-0.4, -0.2) is 54.1 Å². The smallest absolute Gasteiger partial charge is 0.255 e. The highest BCUT2D eigenvalue weighted by atomic mass is 19.1. The van der Waals surface area contributed by atoms with Crippen LogP contribution >= 0.6 is 0 Å². The van der Waals surface area contributed by atoms with E-state index in [1.165, 1.54) is 12.4 Å². The molecular weight excluding hydrogens is 465 g/mol. The first-order chi connectivity index (χ1) is 17.5. The van der Waals surface area contributed by atoms with Gasteiger partial charge in [-0.25, -0.2) is 14.4 Å². The summed E-state index contributed by atoms with van der Waals surface area (Å²) in [6.45, 7) is 1.26. The normalized spacial score (nSPS) is 20.1. The van der Waals surface area contributed by atoms with Crippen LogP contribution in [0.15, 0.2) is 24.5 Å². The Morgan fingerprint density at radius 1 is 1.06 bits per heavy atom. The predicted octanol–water partition coefficient (Wildman–Crippen LogP) is 2.86. The van der Waals surface area contributed by atoms with Crippen LogP contribution in [0.2, 0.25) is 0 Å². The number of hydrogen-bond acceptors (Lipinski definition) is 8. The van der Waals surface area contributed by atoms with E-state index in [0.717, 1.165) is 44.6 Å². The number of pyridine rings is 2. The van der Waals surface area contributed by atoms with Gasteiger partial charge in [-0.05, 0) is 44.6 Å². The van der Waals surface area contributed by atoms with Crippen LogP contribution in [0.25, 0.3) is 0 Å². The van der Waals surface area contributed by atoms with Gasteiger partial charge in [0.05, 0.1) is 16.8 Å².